The van der Waals surface area contributed by atoms with E-state index < -0.39 is 5.82 Å². The van der Waals surface area contributed by atoms with Crippen LogP contribution in [0.15, 0.2) is 42.5 Å². The van der Waals surface area contributed by atoms with Crippen molar-refractivity contribution in [2.24, 2.45) is 5.73 Å². The average Bonchev–Trinajstić information content (AvgIpc) is 2.31. The number of hydrogen-bond donors (Lipinski definition) is 1. The number of nitrogens with two attached hydrogens (primary N) is 1. The second-order valence-electron chi connectivity index (χ2n) is 3.57. The van der Waals surface area contributed by atoms with Gasteiger partial charge < -0.3 is 10.5 Å². The molecule has 0 atom stereocenters. The van der Waals surface area contributed by atoms with Crippen molar-refractivity contribution < 1.29 is 9.13 Å². The van der Waals surface area contributed by atoms with Gasteiger partial charge >= 0.3 is 0 Å². The predicted molar refractivity (Wildman–Crippen MR) is 73.8 cm³/mol. The number of benzene rings is 2. The first-order valence-electron chi connectivity index (χ1n) is 5.09. The summed E-state index contributed by atoms with van der Waals surface area (Å²) < 4.78 is 19.1. The summed E-state index contributed by atoms with van der Waals surface area (Å²) in [6.07, 6.45) is 0. The van der Waals surface area contributed by atoms with Crippen molar-refractivity contribution in [3.8, 4) is 11.5 Å². The van der Waals surface area contributed by atoms with Gasteiger partial charge in [0.15, 0.2) is 11.6 Å². The zero-order chi connectivity index (χ0) is 13.1. The Morgan fingerprint density at radius 1 is 1.22 bits per heavy atom. The largest absolute Gasteiger partial charge is 0.454 e. The minimum Gasteiger partial charge on any atom is -0.454 e. The molecule has 0 saturated heterocycles. The van der Waals surface area contributed by atoms with Crippen LogP contribution in [-0.2, 0) is 0 Å². The molecule has 0 radical (unpaired) electrons. The third-order valence-corrected chi connectivity index (χ3v) is 2.71. The van der Waals surface area contributed by atoms with Gasteiger partial charge in [-0.1, -0.05) is 29.9 Å². The van der Waals surface area contributed by atoms with Crippen LogP contribution in [-0.4, -0.2) is 4.99 Å². The molecule has 0 bridgehead atoms. The molecule has 0 aliphatic carbocycles. The summed E-state index contributed by atoms with van der Waals surface area (Å²) in [5.41, 5.74) is 5.87. The third-order valence-electron chi connectivity index (χ3n) is 2.24. The van der Waals surface area contributed by atoms with Crippen LogP contribution in [0.3, 0.4) is 0 Å². The highest BCUT2D eigenvalue weighted by Gasteiger charge is 2.07. The predicted octanol–water partition coefficient (Wildman–Crippen LogP) is 3.91. The van der Waals surface area contributed by atoms with Gasteiger partial charge in [-0.25, -0.2) is 4.39 Å². The monoisotopic (exact) mass is 281 g/mol. The van der Waals surface area contributed by atoms with Crippen molar-refractivity contribution >= 4 is 28.8 Å². The maximum absolute atomic E-state index is 13.7. The molecule has 0 aromatic heterocycles. The molecule has 0 aliphatic heterocycles. The van der Waals surface area contributed by atoms with Gasteiger partial charge in [-0.15, -0.1) is 0 Å². The highest BCUT2D eigenvalue weighted by molar-refractivity contribution is 7.80. The van der Waals surface area contributed by atoms with Gasteiger partial charge in [0.25, 0.3) is 0 Å². The third kappa shape index (κ3) is 2.97. The van der Waals surface area contributed by atoms with Gasteiger partial charge in [0.2, 0.25) is 0 Å². The van der Waals surface area contributed by atoms with Crippen molar-refractivity contribution in [3.05, 3.63) is 58.9 Å². The van der Waals surface area contributed by atoms with Gasteiger partial charge in [0.1, 0.15) is 10.7 Å². The van der Waals surface area contributed by atoms with Crippen molar-refractivity contribution in [1.82, 2.24) is 0 Å². The summed E-state index contributed by atoms with van der Waals surface area (Å²) in [5, 5.41) is 0.521. The molecule has 2 aromatic carbocycles. The standard InChI is InChI=1S/C13H9ClFNOS/c14-9-2-1-3-10(7-9)17-12-5-4-8(13(16)18)6-11(12)15/h1-7H,(H2,16,18). The molecule has 92 valence electrons. The van der Waals surface area contributed by atoms with Crippen molar-refractivity contribution in [2.45, 2.75) is 0 Å². The molecular weight excluding hydrogens is 273 g/mol. The normalized spacial score (nSPS) is 10.1. The number of rotatable bonds is 3. The summed E-state index contributed by atoms with van der Waals surface area (Å²) in [6.45, 7) is 0. The highest BCUT2D eigenvalue weighted by atomic mass is 35.5. The van der Waals surface area contributed by atoms with Crippen LogP contribution in [0.2, 0.25) is 5.02 Å². The maximum atomic E-state index is 13.7. The topological polar surface area (TPSA) is 35.2 Å². The van der Waals surface area contributed by atoms with Crippen LogP contribution in [0.25, 0.3) is 0 Å². The lowest BCUT2D eigenvalue weighted by Crippen LogP contribution is -2.09. The zero-order valence-corrected chi connectivity index (χ0v) is 10.8. The minimum atomic E-state index is -0.528. The molecule has 0 amide bonds. The fourth-order valence-corrected chi connectivity index (χ4v) is 1.70. The van der Waals surface area contributed by atoms with E-state index in [-0.39, 0.29) is 10.7 Å². The maximum Gasteiger partial charge on any atom is 0.166 e. The Balaban J connectivity index is 2.27. The summed E-state index contributed by atoms with van der Waals surface area (Å²) in [4.78, 5) is 0.142. The molecular formula is C13H9ClFNOS. The van der Waals surface area contributed by atoms with Crippen molar-refractivity contribution in [2.75, 3.05) is 0 Å². The van der Waals surface area contributed by atoms with Gasteiger partial charge in [-0.05, 0) is 36.4 Å². The Kier molecular flexibility index (Phi) is 3.79. The second-order valence-corrected chi connectivity index (χ2v) is 4.45. The average molecular weight is 282 g/mol. The van der Waals surface area contributed by atoms with Gasteiger partial charge in [0.05, 0.1) is 0 Å². The molecule has 2 nitrogen and oxygen atoms in total. The van der Waals surface area contributed by atoms with Gasteiger partial charge in [-0.3, -0.25) is 0 Å². The van der Waals surface area contributed by atoms with Crippen molar-refractivity contribution in [1.29, 1.82) is 0 Å². The summed E-state index contributed by atoms with van der Waals surface area (Å²) in [5.74, 6) is 0.0296. The molecule has 2 N–H and O–H groups in total. The molecule has 5 heteroatoms. The summed E-state index contributed by atoms with van der Waals surface area (Å²) in [7, 11) is 0. The fraction of sp³-hybridized carbons (Fsp3) is 0. The molecule has 0 saturated carbocycles. The Labute approximate surface area is 114 Å². The summed E-state index contributed by atoms with van der Waals surface area (Å²) in [6, 6.07) is 11.0. The molecule has 0 unspecified atom stereocenters. The van der Waals surface area contributed by atoms with E-state index in [0.29, 0.717) is 16.3 Å². The Bertz CT molecular complexity index is 603. The Hall–Kier alpha value is -1.65. The van der Waals surface area contributed by atoms with E-state index in [2.05, 4.69) is 0 Å². The molecule has 0 spiro atoms. The molecule has 18 heavy (non-hydrogen) atoms. The second kappa shape index (κ2) is 5.33. The van der Waals surface area contributed by atoms with Crippen LogP contribution >= 0.6 is 23.8 Å². The summed E-state index contributed by atoms with van der Waals surface area (Å²) >= 11 is 10.6. The van der Waals surface area contributed by atoms with Crippen LogP contribution < -0.4 is 10.5 Å². The Morgan fingerprint density at radius 2 is 2.00 bits per heavy atom. The Morgan fingerprint density at radius 3 is 2.61 bits per heavy atom. The number of thiocarbonyl (C=S) groups is 1. The molecule has 0 heterocycles. The lowest BCUT2D eigenvalue weighted by Gasteiger charge is -2.08. The minimum absolute atomic E-state index is 0.0947. The van der Waals surface area contributed by atoms with E-state index in [1.165, 1.54) is 12.1 Å². The van der Waals surface area contributed by atoms with E-state index in [9.17, 15) is 4.39 Å². The first kappa shape index (κ1) is 12.8. The first-order chi connectivity index (χ1) is 8.56. The fourth-order valence-electron chi connectivity index (χ4n) is 1.39. The van der Waals surface area contributed by atoms with E-state index >= 15 is 0 Å². The van der Waals surface area contributed by atoms with Crippen LogP contribution in [0.5, 0.6) is 11.5 Å². The van der Waals surface area contributed by atoms with Crippen LogP contribution in [0.1, 0.15) is 5.56 Å². The number of halogens is 2. The van der Waals surface area contributed by atoms with Crippen LogP contribution in [0.4, 0.5) is 4.39 Å². The van der Waals surface area contributed by atoms with E-state index in [1.54, 1.807) is 30.3 Å². The highest BCUT2D eigenvalue weighted by Crippen LogP contribution is 2.26. The van der Waals surface area contributed by atoms with Crippen LogP contribution in [0, 0.1) is 5.82 Å². The number of ether oxygens (including phenoxy) is 1. The lowest BCUT2D eigenvalue weighted by molar-refractivity contribution is 0.442. The SMILES string of the molecule is NC(=S)c1ccc(Oc2cccc(Cl)c2)c(F)c1. The molecule has 0 fully saturated rings. The number of hydrogen-bond acceptors (Lipinski definition) is 2. The smallest absolute Gasteiger partial charge is 0.166 e. The van der Waals surface area contributed by atoms with E-state index in [1.807, 2.05) is 0 Å². The lowest BCUT2D eigenvalue weighted by atomic mass is 10.2. The van der Waals surface area contributed by atoms with E-state index in [4.69, 9.17) is 34.3 Å². The van der Waals surface area contributed by atoms with E-state index in [0.717, 1.165) is 0 Å². The van der Waals surface area contributed by atoms with Gasteiger partial charge in [0, 0.05) is 10.6 Å². The zero-order valence-electron chi connectivity index (χ0n) is 9.19. The van der Waals surface area contributed by atoms with Crippen molar-refractivity contribution in [3.63, 3.8) is 0 Å². The molecule has 0 aliphatic rings. The first-order valence-corrected chi connectivity index (χ1v) is 5.87. The quantitative estimate of drug-likeness (QED) is 0.867. The van der Waals surface area contributed by atoms with Gasteiger partial charge in [-0.2, -0.15) is 0 Å². The molecule has 2 aromatic rings. The molecule has 2 rings (SSSR count).